The minimum Gasteiger partial charge on any atom is -0.465 e. The van der Waals surface area contributed by atoms with Crippen molar-refractivity contribution in [2.75, 3.05) is 7.11 Å². The number of hydrogen-bond donors (Lipinski definition) is 1. The van der Waals surface area contributed by atoms with Crippen LogP contribution in [-0.4, -0.2) is 23.2 Å². The molecule has 2 rings (SSSR count). The highest BCUT2D eigenvalue weighted by Gasteiger charge is 2.10. The standard InChI is InChI=1S/C15H15NO3.C2H6/c1-10-3-4-14(16-8-10)12-5-11(9-17)6-13(7-12)15(18)19-2;1-2/h3-8,17H,9H2,1-2H3;1-2H3. The lowest BCUT2D eigenvalue weighted by molar-refractivity contribution is 0.0600. The van der Waals surface area contributed by atoms with E-state index in [4.69, 9.17) is 4.74 Å². The highest BCUT2D eigenvalue weighted by atomic mass is 16.5. The Morgan fingerprint density at radius 2 is 1.95 bits per heavy atom. The van der Waals surface area contributed by atoms with E-state index in [0.29, 0.717) is 11.1 Å². The zero-order valence-electron chi connectivity index (χ0n) is 12.9. The molecule has 1 N–H and O–H groups in total. The van der Waals surface area contributed by atoms with Crippen LogP contribution in [0.25, 0.3) is 11.3 Å². The third-order valence-electron chi connectivity index (χ3n) is 2.80. The first-order chi connectivity index (χ1) is 10.1. The summed E-state index contributed by atoms with van der Waals surface area (Å²) in [7, 11) is 1.33. The molecule has 0 aliphatic rings. The summed E-state index contributed by atoms with van der Waals surface area (Å²) in [5.74, 6) is -0.427. The molecule has 0 saturated heterocycles. The monoisotopic (exact) mass is 287 g/mol. The average Bonchev–Trinajstić information content (AvgIpc) is 2.56. The molecule has 0 atom stereocenters. The fourth-order valence-corrected chi connectivity index (χ4v) is 1.81. The van der Waals surface area contributed by atoms with Crippen molar-refractivity contribution in [3.05, 3.63) is 53.2 Å². The first kappa shape index (κ1) is 16.9. The van der Waals surface area contributed by atoms with E-state index >= 15 is 0 Å². The van der Waals surface area contributed by atoms with Crippen molar-refractivity contribution in [3.8, 4) is 11.3 Å². The van der Waals surface area contributed by atoms with Gasteiger partial charge in [-0.1, -0.05) is 19.9 Å². The molecule has 0 fully saturated rings. The van der Waals surface area contributed by atoms with Gasteiger partial charge in [-0.2, -0.15) is 0 Å². The Bertz CT molecular complexity index is 591. The molecule has 0 radical (unpaired) electrons. The van der Waals surface area contributed by atoms with Crippen molar-refractivity contribution in [2.45, 2.75) is 27.4 Å². The van der Waals surface area contributed by atoms with Gasteiger partial charge in [0.25, 0.3) is 0 Å². The van der Waals surface area contributed by atoms with Crippen molar-refractivity contribution >= 4 is 5.97 Å². The van der Waals surface area contributed by atoms with Gasteiger partial charge in [0.2, 0.25) is 0 Å². The topological polar surface area (TPSA) is 59.4 Å². The summed E-state index contributed by atoms with van der Waals surface area (Å²) in [5.41, 5.74) is 3.67. The van der Waals surface area contributed by atoms with E-state index in [1.807, 2.05) is 39.0 Å². The zero-order chi connectivity index (χ0) is 15.8. The fraction of sp³-hybridized carbons (Fsp3) is 0.294. The van der Waals surface area contributed by atoms with Crippen LogP contribution in [0.4, 0.5) is 0 Å². The van der Waals surface area contributed by atoms with Crippen molar-refractivity contribution in [3.63, 3.8) is 0 Å². The molecule has 0 spiro atoms. The van der Waals surface area contributed by atoms with Gasteiger partial charge in [0.05, 0.1) is 25.0 Å². The molecule has 0 bridgehead atoms. The maximum absolute atomic E-state index is 11.6. The Morgan fingerprint density at radius 3 is 2.48 bits per heavy atom. The van der Waals surface area contributed by atoms with Gasteiger partial charge in [-0.3, -0.25) is 4.98 Å². The molecule has 1 heterocycles. The van der Waals surface area contributed by atoms with Crippen LogP contribution < -0.4 is 0 Å². The molecule has 2 aromatic rings. The largest absolute Gasteiger partial charge is 0.465 e. The van der Waals surface area contributed by atoms with E-state index in [2.05, 4.69) is 4.98 Å². The number of nitrogens with zero attached hydrogens (tertiary/aromatic N) is 1. The Morgan fingerprint density at radius 1 is 1.24 bits per heavy atom. The summed E-state index contributed by atoms with van der Waals surface area (Å²) >= 11 is 0. The van der Waals surface area contributed by atoms with Crippen LogP contribution in [-0.2, 0) is 11.3 Å². The van der Waals surface area contributed by atoms with Gasteiger partial charge in [-0.15, -0.1) is 0 Å². The van der Waals surface area contributed by atoms with Crippen LogP contribution in [0.2, 0.25) is 0 Å². The molecule has 0 aliphatic heterocycles. The number of benzene rings is 1. The third kappa shape index (κ3) is 4.39. The van der Waals surface area contributed by atoms with E-state index in [0.717, 1.165) is 16.8 Å². The van der Waals surface area contributed by atoms with Gasteiger partial charge >= 0.3 is 5.97 Å². The molecule has 0 amide bonds. The highest BCUT2D eigenvalue weighted by molar-refractivity contribution is 5.91. The molecule has 0 unspecified atom stereocenters. The van der Waals surface area contributed by atoms with Crippen molar-refractivity contribution in [2.24, 2.45) is 0 Å². The third-order valence-corrected chi connectivity index (χ3v) is 2.80. The van der Waals surface area contributed by atoms with Crippen LogP contribution in [0, 0.1) is 6.92 Å². The normalized spacial score (nSPS) is 9.57. The lowest BCUT2D eigenvalue weighted by atomic mass is 10.0. The first-order valence-electron chi connectivity index (χ1n) is 6.90. The summed E-state index contributed by atoms with van der Waals surface area (Å²) in [6.45, 7) is 5.82. The van der Waals surface area contributed by atoms with E-state index in [-0.39, 0.29) is 6.61 Å². The van der Waals surface area contributed by atoms with E-state index in [1.54, 1.807) is 18.3 Å². The van der Waals surface area contributed by atoms with Crippen LogP contribution in [0.3, 0.4) is 0 Å². The number of rotatable bonds is 3. The number of carbonyl (C=O) groups is 1. The molecular weight excluding hydrogens is 266 g/mol. The second kappa shape index (κ2) is 8.17. The van der Waals surface area contributed by atoms with Crippen molar-refractivity contribution < 1.29 is 14.6 Å². The molecular formula is C17H21NO3. The number of esters is 1. The zero-order valence-corrected chi connectivity index (χ0v) is 12.9. The average molecular weight is 287 g/mol. The van der Waals surface area contributed by atoms with E-state index < -0.39 is 5.97 Å². The summed E-state index contributed by atoms with van der Waals surface area (Å²) in [6.07, 6.45) is 1.76. The first-order valence-corrected chi connectivity index (χ1v) is 6.90. The van der Waals surface area contributed by atoms with Gasteiger partial charge in [-0.25, -0.2) is 4.79 Å². The fourth-order valence-electron chi connectivity index (χ4n) is 1.81. The minimum absolute atomic E-state index is 0.135. The summed E-state index contributed by atoms with van der Waals surface area (Å²) in [6, 6.07) is 8.97. The summed E-state index contributed by atoms with van der Waals surface area (Å²) < 4.78 is 4.70. The lowest BCUT2D eigenvalue weighted by Crippen LogP contribution is -2.03. The van der Waals surface area contributed by atoms with E-state index in [9.17, 15) is 9.90 Å². The number of hydrogen-bond acceptors (Lipinski definition) is 4. The number of aliphatic hydroxyl groups is 1. The Kier molecular flexibility index (Phi) is 6.56. The predicted molar refractivity (Wildman–Crippen MR) is 83.0 cm³/mol. The molecule has 112 valence electrons. The van der Waals surface area contributed by atoms with Gasteiger partial charge in [0.15, 0.2) is 0 Å². The SMILES string of the molecule is CC.COC(=O)c1cc(CO)cc(-c2ccc(C)cn2)c1. The van der Waals surface area contributed by atoms with E-state index in [1.165, 1.54) is 7.11 Å². The second-order valence-corrected chi connectivity index (χ2v) is 4.29. The molecule has 4 heteroatoms. The van der Waals surface area contributed by atoms with Crippen molar-refractivity contribution in [1.82, 2.24) is 4.98 Å². The van der Waals surface area contributed by atoms with Gasteiger partial charge in [-0.05, 0) is 42.3 Å². The molecule has 0 saturated carbocycles. The molecule has 4 nitrogen and oxygen atoms in total. The Hall–Kier alpha value is -2.20. The van der Waals surface area contributed by atoms with Gasteiger partial charge in [0.1, 0.15) is 0 Å². The number of carbonyl (C=O) groups excluding carboxylic acids is 1. The summed E-state index contributed by atoms with van der Waals surface area (Å²) in [4.78, 5) is 15.9. The lowest BCUT2D eigenvalue weighted by Gasteiger charge is -2.07. The number of ether oxygens (including phenoxy) is 1. The highest BCUT2D eigenvalue weighted by Crippen LogP contribution is 2.21. The smallest absolute Gasteiger partial charge is 0.337 e. The maximum Gasteiger partial charge on any atom is 0.337 e. The molecule has 1 aromatic carbocycles. The number of pyridine rings is 1. The number of aliphatic hydroxyl groups excluding tert-OH is 1. The number of methoxy groups -OCH3 is 1. The number of aromatic nitrogens is 1. The Labute approximate surface area is 125 Å². The van der Waals surface area contributed by atoms with Gasteiger partial charge in [0, 0.05) is 11.8 Å². The van der Waals surface area contributed by atoms with Gasteiger partial charge < -0.3 is 9.84 Å². The van der Waals surface area contributed by atoms with Crippen molar-refractivity contribution in [1.29, 1.82) is 0 Å². The van der Waals surface area contributed by atoms with Crippen LogP contribution in [0.15, 0.2) is 36.5 Å². The quantitative estimate of drug-likeness (QED) is 0.879. The number of aryl methyl sites for hydroxylation is 1. The molecule has 0 aliphatic carbocycles. The predicted octanol–water partition coefficient (Wildman–Crippen LogP) is 3.36. The molecule has 21 heavy (non-hydrogen) atoms. The summed E-state index contributed by atoms with van der Waals surface area (Å²) in [5, 5.41) is 9.26. The van der Waals surface area contributed by atoms with Crippen LogP contribution in [0.5, 0.6) is 0 Å². The Balaban J connectivity index is 0.00000106. The minimum atomic E-state index is -0.427. The van der Waals surface area contributed by atoms with Crippen LogP contribution in [0.1, 0.15) is 35.3 Å². The van der Waals surface area contributed by atoms with Crippen LogP contribution >= 0.6 is 0 Å². The maximum atomic E-state index is 11.6. The second-order valence-electron chi connectivity index (χ2n) is 4.29. The molecule has 1 aromatic heterocycles.